The fraction of sp³-hybridized carbons (Fsp3) is 0.400. The summed E-state index contributed by atoms with van der Waals surface area (Å²) in [6.45, 7) is 1.92. The number of alkyl halides is 3. The van der Waals surface area contributed by atoms with Gasteiger partial charge >= 0.3 is 5.97 Å². The summed E-state index contributed by atoms with van der Waals surface area (Å²) in [5.41, 5.74) is 1.08. The van der Waals surface area contributed by atoms with Crippen molar-refractivity contribution in [3.8, 4) is 0 Å². The number of fused-ring (bicyclic) bond motifs is 1. The van der Waals surface area contributed by atoms with Crippen molar-refractivity contribution in [2.24, 2.45) is 0 Å². The van der Waals surface area contributed by atoms with Crippen molar-refractivity contribution in [3.05, 3.63) is 55.9 Å². The number of hydrogen-bond acceptors (Lipinski definition) is 7. The van der Waals surface area contributed by atoms with E-state index in [4.69, 9.17) is 39.5 Å². The molecule has 1 amide bonds. The van der Waals surface area contributed by atoms with Crippen molar-refractivity contribution in [2.75, 3.05) is 11.9 Å². The first kappa shape index (κ1) is 24.6. The van der Waals surface area contributed by atoms with Crippen LogP contribution in [-0.2, 0) is 17.6 Å². The number of rotatable bonds is 7. The Labute approximate surface area is 203 Å². The molecule has 32 heavy (non-hydrogen) atoms. The largest absolute Gasteiger partial charge is 0.462 e. The first-order valence-corrected chi connectivity index (χ1v) is 11.8. The predicted molar refractivity (Wildman–Crippen MR) is 125 cm³/mol. The van der Waals surface area contributed by atoms with Gasteiger partial charge < -0.3 is 15.4 Å². The second-order valence-electron chi connectivity index (χ2n) is 7.04. The van der Waals surface area contributed by atoms with Crippen LogP contribution in [0.1, 0.15) is 50.9 Å². The van der Waals surface area contributed by atoms with Crippen molar-refractivity contribution in [2.45, 2.75) is 42.6 Å². The number of nitrogens with zero attached hydrogens (tertiary/aromatic N) is 1. The molecule has 3 rings (SSSR count). The number of halogens is 3. The third-order valence-corrected chi connectivity index (χ3v) is 6.73. The Morgan fingerprint density at radius 2 is 2.00 bits per heavy atom. The SMILES string of the molecule is CCOC(=O)c1c(N[C@@H](NC(=O)c2cccc([N+](=O)[O-])c2)C(Cl)(Cl)Cl)sc2c1CCCC2. The molecule has 0 aliphatic heterocycles. The summed E-state index contributed by atoms with van der Waals surface area (Å²) in [6, 6.07) is 5.19. The summed E-state index contributed by atoms with van der Waals surface area (Å²) in [5.74, 6) is -1.17. The van der Waals surface area contributed by atoms with E-state index >= 15 is 0 Å². The number of amides is 1. The molecule has 1 heterocycles. The van der Waals surface area contributed by atoms with E-state index in [2.05, 4.69) is 10.6 Å². The van der Waals surface area contributed by atoms with Gasteiger partial charge in [0, 0.05) is 22.6 Å². The zero-order valence-electron chi connectivity index (χ0n) is 17.0. The Bertz CT molecular complexity index is 1040. The van der Waals surface area contributed by atoms with Crippen LogP contribution in [-0.4, -0.2) is 33.4 Å². The number of benzene rings is 1. The summed E-state index contributed by atoms with van der Waals surface area (Å²) < 4.78 is 3.23. The number of carbonyl (C=O) groups is 2. The average molecular weight is 521 g/mol. The van der Waals surface area contributed by atoms with Crippen LogP contribution in [0.4, 0.5) is 10.7 Å². The van der Waals surface area contributed by atoms with Crippen molar-refractivity contribution in [1.82, 2.24) is 5.32 Å². The van der Waals surface area contributed by atoms with Crippen molar-refractivity contribution in [1.29, 1.82) is 0 Å². The van der Waals surface area contributed by atoms with E-state index in [1.54, 1.807) is 6.92 Å². The fourth-order valence-electron chi connectivity index (χ4n) is 3.39. The first-order valence-electron chi connectivity index (χ1n) is 9.82. The Hall–Kier alpha value is -2.07. The van der Waals surface area contributed by atoms with Gasteiger partial charge in [0.1, 0.15) is 11.2 Å². The van der Waals surface area contributed by atoms with Gasteiger partial charge in [0.2, 0.25) is 3.79 Å². The third-order valence-electron chi connectivity index (χ3n) is 4.85. The highest BCUT2D eigenvalue weighted by Crippen LogP contribution is 2.41. The second kappa shape index (κ2) is 10.2. The number of hydrogen-bond donors (Lipinski definition) is 2. The Kier molecular flexibility index (Phi) is 7.87. The lowest BCUT2D eigenvalue weighted by atomic mass is 9.95. The van der Waals surface area contributed by atoms with E-state index < -0.39 is 26.8 Å². The molecule has 0 saturated heterocycles. The molecule has 0 bridgehead atoms. The molecular formula is C20H20Cl3N3O5S. The van der Waals surface area contributed by atoms with Gasteiger partial charge in [-0.05, 0) is 44.2 Å². The van der Waals surface area contributed by atoms with Crippen LogP contribution in [0.15, 0.2) is 24.3 Å². The minimum atomic E-state index is -1.99. The molecule has 1 aliphatic rings. The zero-order valence-corrected chi connectivity index (χ0v) is 20.0. The molecule has 2 aromatic rings. The number of thiophene rings is 1. The molecule has 1 aromatic heterocycles. The summed E-state index contributed by atoms with van der Waals surface area (Å²) in [4.78, 5) is 36.9. The van der Waals surface area contributed by atoms with Crippen LogP contribution in [0.5, 0.6) is 0 Å². The quantitative estimate of drug-likeness (QED) is 0.170. The van der Waals surface area contributed by atoms with Crippen LogP contribution in [0, 0.1) is 10.1 Å². The molecule has 0 fully saturated rings. The highest BCUT2D eigenvalue weighted by atomic mass is 35.6. The van der Waals surface area contributed by atoms with Gasteiger partial charge in [-0.3, -0.25) is 14.9 Å². The lowest BCUT2D eigenvalue weighted by molar-refractivity contribution is -0.384. The van der Waals surface area contributed by atoms with Crippen LogP contribution < -0.4 is 10.6 Å². The molecule has 0 saturated carbocycles. The lowest BCUT2D eigenvalue weighted by Gasteiger charge is -2.27. The smallest absolute Gasteiger partial charge is 0.341 e. The van der Waals surface area contributed by atoms with Gasteiger partial charge in [-0.2, -0.15) is 0 Å². The predicted octanol–water partition coefficient (Wildman–Crippen LogP) is 5.25. The first-order chi connectivity index (χ1) is 15.1. The normalized spacial score (nSPS) is 14.2. The standard InChI is InChI=1S/C20H20Cl3N3O5S/c1-2-31-18(28)15-13-8-3-4-9-14(13)32-17(15)25-19(20(21,22)23)24-16(27)11-6-5-7-12(10-11)26(29)30/h5-7,10,19,25H,2-4,8-9H2,1H3,(H,24,27)/t19-/m1/s1. The molecule has 172 valence electrons. The van der Waals surface area contributed by atoms with E-state index in [0.717, 1.165) is 42.2 Å². The highest BCUT2D eigenvalue weighted by molar-refractivity contribution is 7.16. The maximum absolute atomic E-state index is 12.7. The number of carbonyl (C=O) groups excluding carboxylic acids is 2. The molecule has 1 atom stereocenters. The maximum Gasteiger partial charge on any atom is 0.341 e. The molecule has 8 nitrogen and oxygen atoms in total. The topological polar surface area (TPSA) is 111 Å². The van der Waals surface area contributed by atoms with Crippen LogP contribution in [0.2, 0.25) is 0 Å². The molecule has 0 radical (unpaired) electrons. The summed E-state index contributed by atoms with van der Waals surface area (Å²) >= 11 is 19.7. The molecule has 12 heteroatoms. The Balaban J connectivity index is 1.91. The number of aryl methyl sites for hydroxylation is 1. The number of nitro benzene ring substituents is 1. The van der Waals surface area contributed by atoms with Gasteiger partial charge in [-0.1, -0.05) is 40.9 Å². The molecule has 1 aliphatic carbocycles. The number of anilines is 1. The minimum Gasteiger partial charge on any atom is -0.462 e. The Morgan fingerprint density at radius 3 is 2.66 bits per heavy atom. The lowest BCUT2D eigenvalue weighted by Crippen LogP contribution is -2.49. The van der Waals surface area contributed by atoms with E-state index in [9.17, 15) is 19.7 Å². The van der Waals surface area contributed by atoms with Crippen LogP contribution in [0.25, 0.3) is 0 Å². The van der Waals surface area contributed by atoms with Crippen molar-refractivity contribution >= 4 is 68.7 Å². The van der Waals surface area contributed by atoms with Gasteiger partial charge in [-0.25, -0.2) is 4.79 Å². The fourth-order valence-corrected chi connectivity index (χ4v) is 5.03. The number of esters is 1. The van der Waals surface area contributed by atoms with E-state index in [-0.39, 0.29) is 17.9 Å². The molecule has 2 N–H and O–H groups in total. The number of nitro groups is 1. The van der Waals surface area contributed by atoms with Gasteiger partial charge in [0.05, 0.1) is 17.1 Å². The Morgan fingerprint density at radius 1 is 1.28 bits per heavy atom. The van der Waals surface area contributed by atoms with Crippen molar-refractivity contribution in [3.63, 3.8) is 0 Å². The molecule has 1 aromatic carbocycles. The van der Waals surface area contributed by atoms with E-state index in [1.165, 1.54) is 29.5 Å². The van der Waals surface area contributed by atoms with Gasteiger partial charge in [0.15, 0.2) is 0 Å². The molecular weight excluding hydrogens is 501 g/mol. The molecule has 0 unspecified atom stereocenters. The van der Waals surface area contributed by atoms with Gasteiger partial charge in [-0.15, -0.1) is 11.3 Å². The van der Waals surface area contributed by atoms with Crippen LogP contribution in [0.3, 0.4) is 0 Å². The van der Waals surface area contributed by atoms with Crippen molar-refractivity contribution < 1.29 is 19.2 Å². The number of nitrogens with one attached hydrogen (secondary N) is 2. The summed E-state index contributed by atoms with van der Waals surface area (Å²) in [5, 5.41) is 17.0. The summed E-state index contributed by atoms with van der Waals surface area (Å²) in [6.07, 6.45) is 2.29. The average Bonchev–Trinajstić information content (AvgIpc) is 3.10. The van der Waals surface area contributed by atoms with Gasteiger partial charge in [0.25, 0.3) is 11.6 Å². The second-order valence-corrected chi connectivity index (χ2v) is 10.5. The highest BCUT2D eigenvalue weighted by Gasteiger charge is 2.37. The van der Waals surface area contributed by atoms with Crippen LogP contribution >= 0.6 is 46.1 Å². The van der Waals surface area contributed by atoms with E-state index in [0.29, 0.717) is 10.6 Å². The monoisotopic (exact) mass is 519 g/mol. The third kappa shape index (κ3) is 5.64. The maximum atomic E-state index is 12.7. The number of ether oxygens (including phenoxy) is 1. The minimum absolute atomic E-state index is 0.0244. The zero-order chi connectivity index (χ0) is 23.5. The number of non-ortho nitro benzene ring substituents is 1. The van der Waals surface area contributed by atoms with E-state index in [1.807, 2.05) is 0 Å². The summed E-state index contributed by atoms with van der Waals surface area (Å²) in [7, 11) is 0. The molecule has 0 spiro atoms.